The monoisotopic (exact) mass is 555 g/mol. The van der Waals surface area contributed by atoms with Gasteiger partial charge in [0.05, 0.1) is 42.6 Å². The van der Waals surface area contributed by atoms with E-state index in [1.165, 1.54) is 4.90 Å². The third kappa shape index (κ3) is 6.41. The van der Waals surface area contributed by atoms with E-state index < -0.39 is 47.8 Å². The molecule has 1 amide bonds. The molecule has 4 rings (SSSR count). The maximum Gasteiger partial charge on any atom is 0.416 e. The number of anilines is 1. The van der Waals surface area contributed by atoms with Gasteiger partial charge >= 0.3 is 18.4 Å². The van der Waals surface area contributed by atoms with E-state index in [2.05, 4.69) is 0 Å². The Hall–Kier alpha value is -3.46. The molecule has 12 heteroatoms. The first kappa shape index (κ1) is 28.5. The zero-order valence-electron chi connectivity index (χ0n) is 21.5. The van der Waals surface area contributed by atoms with Crippen molar-refractivity contribution >= 4 is 11.8 Å². The molecule has 2 aliphatic heterocycles. The highest BCUT2D eigenvalue weighted by Crippen LogP contribution is 2.42. The van der Waals surface area contributed by atoms with Crippen molar-refractivity contribution in [1.29, 1.82) is 5.26 Å². The number of carbonyl (C=O) groups excluding carboxylic acids is 1. The molecule has 6 nitrogen and oxygen atoms in total. The van der Waals surface area contributed by atoms with Gasteiger partial charge in [-0.15, -0.1) is 0 Å². The van der Waals surface area contributed by atoms with Crippen molar-refractivity contribution in [3.63, 3.8) is 0 Å². The Kier molecular flexibility index (Phi) is 7.51. The third-order valence-electron chi connectivity index (χ3n) is 6.49. The predicted octanol–water partition coefficient (Wildman–Crippen LogP) is 7.31. The topological polar surface area (TPSA) is 65.8 Å². The predicted molar refractivity (Wildman–Crippen MR) is 128 cm³/mol. The molecule has 0 spiro atoms. The van der Waals surface area contributed by atoms with Crippen molar-refractivity contribution in [2.75, 3.05) is 11.4 Å². The summed E-state index contributed by atoms with van der Waals surface area (Å²) in [4.78, 5) is 15.7. The van der Waals surface area contributed by atoms with Crippen LogP contribution in [0.5, 0.6) is 0 Å². The van der Waals surface area contributed by atoms with E-state index in [4.69, 9.17) is 9.47 Å². The Morgan fingerprint density at radius 2 is 1.62 bits per heavy atom. The van der Waals surface area contributed by atoms with Crippen LogP contribution in [0.15, 0.2) is 30.3 Å². The van der Waals surface area contributed by atoms with Crippen LogP contribution in [0.25, 0.3) is 0 Å². The summed E-state index contributed by atoms with van der Waals surface area (Å²) in [5.74, 6) is 0. The summed E-state index contributed by atoms with van der Waals surface area (Å²) in [6, 6.07) is 4.17. The standard InChI is InChI=1S/C27H27F6N3O3/c1-25(2,3)39-24(37)36-6-4-5-22(21-9-17-13-38-14-18(17)10-23(21)36)35(15-34)12-16-7-19(26(28,29)30)11-20(8-16)27(31,32)33/h7-11,22H,4-6,12-14H2,1-3H3/t22-/m0/s1. The Morgan fingerprint density at radius 1 is 1.03 bits per heavy atom. The lowest BCUT2D eigenvalue weighted by atomic mass is 9.95. The van der Waals surface area contributed by atoms with Gasteiger partial charge in [0.25, 0.3) is 0 Å². The molecule has 210 valence electrons. The molecule has 0 aliphatic carbocycles. The maximum absolute atomic E-state index is 13.4. The molecule has 2 aromatic rings. The Bertz CT molecular complexity index is 1260. The number of halogens is 6. The van der Waals surface area contributed by atoms with Crippen LogP contribution in [0.4, 0.5) is 36.8 Å². The fourth-order valence-corrected chi connectivity index (χ4v) is 4.81. The number of nitriles is 1. The lowest BCUT2D eigenvalue weighted by Crippen LogP contribution is -2.37. The van der Waals surface area contributed by atoms with Crippen molar-refractivity contribution in [3.8, 4) is 6.19 Å². The summed E-state index contributed by atoms with van der Waals surface area (Å²) >= 11 is 0. The van der Waals surface area contributed by atoms with Gasteiger partial charge in [-0.1, -0.05) is 0 Å². The Morgan fingerprint density at radius 3 is 2.15 bits per heavy atom. The van der Waals surface area contributed by atoms with E-state index in [0.29, 0.717) is 49.4 Å². The molecule has 39 heavy (non-hydrogen) atoms. The van der Waals surface area contributed by atoms with Gasteiger partial charge in [0, 0.05) is 6.54 Å². The highest BCUT2D eigenvalue weighted by molar-refractivity contribution is 5.89. The van der Waals surface area contributed by atoms with E-state index in [1.807, 2.05) is 6.19 Å². The minimum Gasteiger partial charge on any atom is -0.443 e. The van der Waals surface area contributed by atoms with Crippen LogP contribution in [0.1, 0.15) is 73.0 Å². The Labute approximate surface area is 221 Å². The number of rotatable bonds is 3. The van der Waals surface area contributed by atoms with Crippen molar-refractivity contribution < 1.29 is 40.6 Å². The van der Waals surface area contributed by atoms with E-state index in [9.17, 15) is 36.4 Å². The average Bonchev–Trinajstić information content (AvgIpc) is 3.19. The number of ether oxygens (including phenoxy) is 2. The summed E-state index contributed by atoms with van der Waals surface area (Å²) in [6.45, 7) is 5.56. The largest absolute Gasteiger partial charge is 0.443 e. The molecule has 2 heterocycles. The van der Waals surface area contributed by atoms with E-state index in [-0.39, 0.29) is 18.2 Å². The number of hydrogen-bond acceptors (Lipinski definition) is 5. The minimum absolute atomic E-state index is 0.0587. The molecular weight excluding hydrogens is 528 g/mol. The lowest BCUT2D eigenvalue weighted by Gasteiger charge is -2.30. The number of carbonyl (C=O) groups is 1. The first-order valence-electron chi connectivity index (χ1n) is 12.3. The van der Waals surface area contributed by atoms with Crippen molar-refractivity contribution in [2.45, 2.75) is 77.4 Å². The van der Waals surface area contributed by atoms with Crippen molar-refractivity contribution in [1.82, 2.24) is 4.90 Å². The second-order valence-corrected chi connectivity index (χ2v) is 10.6. The number of alkyl halides is 6. The molecule has 0 saturated heterocycles. The van der Waals surface area contributed by atoms with Crippen LogP contribution in [0.2, 0.25) is 0 Å². The molecule has 0 saturated carbocycles. The summed E-state index contributed by atoms with van der Waals surface area (Å²) in [6.07, 6.45) is -7.91. The fraction of sp³-hybridized carbons (Fsp3) is 0.481. The number of fused-ring (bicyclic) bond motifs is 2. The first-order chi connectivity index (χ1) is 18.1. The summed E-state index contributed by atoms with van der Waals surface area (Å²) in [5, 5.41) is 10.0. The second-order valence-electron chi connectivity index (χ2n) is 10.6. The normalized spacial score (nSPS) is 17.6. The SMILES string of the molecule is CC(C)(C)OC(=O)N1CCC[C@H](N(C#N)Cc2cc(C(F)(F)F)cc(C(F)(F)F)c2)c2cc3c(cc21)COC3. The van der Waals surface area contributed by atoms with E-state index in [0.717, 1.165) is 16.0 Å². The molecule has 2 aliphatic rings. The molecule has 2 aromatic carbocycles. The van der Waals surface area contributed by atoms with Gasteiger partial charge in [-0.05, 0) is 86.2 Å². The van der Waals surface area contributed by atoms with Crippen LogP contribution in [0, 0.1) is 11.5 Å². The van der Waals surface area contributed by atoms with Gasteiger partial charge in [-0.2, -0.15) is 31.6 Å². The molecule has 0 unspecified atom stereocenters. The van der Waals surface area contributed by atoms with Gasteiger partial charge in [-0.3, -0.25) is 9.80 Å². The van der Waals surface area contributed by atoms with E-state index >= 15 is 0 Å². The van der Waals surface area contributed by atoms with Gasteiger partial charge in [0.2, 0.25) is 0 Å². The van der Waals surface area contributed by atoms with Gasteiger partial charge in [0.15, 0.2) is 6.19 Å². The Balaban J connectivity index is 1.76. The highest BCUT2D eigenvalue weighted by Gasteiger charge is 2.38. The van der Waals surface area contributed by atoms with Crippen LogP contribution >= 0.6 is 0 Å². The molecule has 1 atom stereocenters. The second kappa shape index (κ2) is 10.3. The minimum atomic E-state index is -5.00. The van der Waals surface area contributed by atoms with Crippen LogP contribution in [-0.4, -0.2) is 23.1 Å². The smallest absolute Gasteiger partial charge is 0.416 e. The van der Waals surface area contributed by atoms with Crippen molar-refractivity contribution in [3.05, 3.63) is 63.7 Å². The first-order valence-corrected chi connectivity index (χ1v) is 12.3. The highest BCUT2D eigenvalue weighted by atomic mass is 19.4. The summed E-state index contributed by atoms with van der Waals surface area (Å²) < 4.78 is 91.6. The fourth-order valence-electron chi connectivity index (χ4n) is 4.81. The van der Waals surface area contributed by atoms with Crippen LogP contribution in [-0.2, 0) is 41.6 Å². The van der Waals surface area contributed by atoms with Gasteiger partial charge in [0.1, 0.15) is 5.60 Å². The van der Waals surface area contributed by atoms with Crippen LogP contribution < -0.4 is 4.90 Å². The number of hydrogen-bond donors (Lipinski definition) is 0. The van der Waals surface area contributed by atoms with Crippen LogP contribution in [0.3, 0.4) is 0 Å². The number of nitrogens with zero attached hydrogens (tertiary/aromatic N) is 3. The molecule has 0 N–H and O–H groups in total. The van der Waals surface area contributed by atoms with Gasteiger partial charge in [-0.25, -0.2) is 4.79 Å². The zero-order chi connectivity index (χ0) is 28.8. The molecular formula is C27H27F6N3O3. The summed E-state index contributed by atoms with van der Waals surface area (Å²) in [7, 11) is 0. The molecule has 0 fully saturated rings. The number of benzene rings is 2. The number of amides is 1. The quantitative estimate of drug-likeness (QED) is 0.226. The molecule has 0 radical (unpaired) electrons. The average molecular weight is 556 g/mol. The summed E-state index contributed by atoms with van der Waals surface area (Å²) in [5.41, 5.74) is -1.28. The van der Waals surface area contributed by atoms with E-state index in [1.54, 1.807) is 32.9 Å². The molecule has 0 aromatic heterocycles. The lowest BCUT2D eigenvalue weighted by molar-refractivity contribution is -0.143. The zero-order valence-corrected chi connectivity index (χ0v) is 21.5. The van der Waals surface area contributed by atoms with Crippen molar-refractivity contribution in [2.24, 2.45) is 0 Å². The van der Waals surface area contributed by atoms with Gasteiger partial charge < -0.3 is 9.47 Å². The maximum atomic E-state index is 13.4. The molecule has 0 bridgehead atoms. The third-order valence-corrected chi connectivity index (χ3v) is 6.49.